The highest BCUT2D eigenvalue weighted by atomic mass is 19.1. The van der Waals surface area contributed by atoms with Gasteiger partial charge in [-0.3, -0.25) is 19.7 Å². The fourth-order valence-corrected chi connectivity index (χ4v) is 1.62. The number of nitrogens with two attached hydrogens (primary N) is 1. The van der Waals surface area contributed by atoms with E-state index in [0.717, 1.165) is 11.0 Å². The number of carbonyl (C=O) groups excluding carboxylic acids is 3. The fourth-order valence-electron chi connectivity index (χ4n) is 1.62. The zero-order chi connectivity index (χ0) is 13.3. The van der Waals surface area contributed by atoms with E-state index in [9.17, 15) is 18.8 Å². The molecule has 1 saturated heterocycles. The number of nitrogens with one attached hydrogen (secondary N) is 1. The van der Waals surface area contributed by atoms with Crippen LogP contribution in [0, 0.1) is 5.82 Å². The lowest BCUT2D eigenvalue weighted by atomic mass is 10.1. The average molecular weight is 251 g/mol. The molecule has 0 spiro atoms. The number of nitrogens with zero attached hydrogens (tertiary/aromatic N) is 1. The van der Waals surface area contributed by atoms with Crippen LogP contribution in [-0.2, 0) is 9.59 Å². The molecular formula is C11H10FN3O3. The quantitative estimate of drug-likeness (QED) is 0.520. The molecule has 18 heavy (non-hydrogen) atoms. The third kappa shape index (κ3) is 2.29. The Balaban J connectivity index is 2.22. The van der Waals surface area contributed by atoms with E-state index in [1.54, 1.807) is 0 Å². The van der Waals surface area contributed by atoms with Crippen molar-refractivity contribution >= 4 is 23.4 Å². The van der Waals surface area contributed by atoms with E-state index in [1.165, 1.54) is 12.1 Å². The van der Waals surface area contributed by atoms with Crippen LogP contribution in [0.15, 0.2) is 18.2 Å². The van der Waals surface area contributed by atoms with Crippen LogP contribution in [0.1, 0.15) is 10.4 Å². The molecule has 1 heterocycles. The molecule has 2 rings (SSSR count). The summed E-state index contributed by atoms with van der Waals surface area (Å²) in [6, 6.07) is 3.58. The molecule has 0 bridgehead atoms. The smallest absolute Gasteiger partial charge is 0.254 e. The summed E-state index contributed by atoms with van der Waals surface area (Å²) in [5, 5.41) is 2.07. The van der Waals surface area contributed by atoms with Gasteiger partial charge in [0.25, 0.3) is 5.91 Å². The molecule has 0 aliphatic carbocycles. The lowest BCUT2D eigenvalue weighted by Gasteiger charge is -2.25. The summed E-state index contributed by atoms with van der Waals surface area (Å²) in [5.74, 6) is -2.42. The van der Waals surface area contributed by atoms with Crippen molar-refractivity contribution in [3.8, 4) is 0 Å². The molecule has 0 saturated carbocycles. The first-order chi connectivity index (χ1) is 8.47. The van der Waals surface area contributed by atoms with E-state index in [4.69, 9.17) is 5.73 Å². The van der Waals surface area contributed by atoms with Crippen LogP contribution in [0.3, 0.4) is 0 Å². The molecule has 1 aromatic rings. The van der Waals surface area contributed by atoms with Crippen molar-refractivity contribution in [2.24, 2.45) is 0 Å². The van der Waals surface area contributed by atoms with Crippen LogP contribution in [0.4, 0.5) is 10.1 Å². The van der Waals surface area contributed by atoms with Gasteiger partial charge in [0.05, 0.1) is 5.69 Å². The van der Waals surface area contributed by atoms with Crippen LogP contribution in [0.25, 0.3) is 0 Å². The van der Waals surface area contributed by atoms with Gasteiger partial charge in [-0.1, -0.05) is 0 Å². The SMILES string of the molecule is Nc1ccc(C(=O)N2CC(=O)NC(=O)C2)cc1F. The van der Waals surface area contributed by atoms with Crippen LogP contribution >= 0.6 is 0 Å². The van der Waals surface area contributed by atoms with Crippen LogP contribution in [0.2, 0.25) is 0 Å². The first kappa shape index (κ1) is 12.0. The highest BCUT2D eigenvalue weighted by molar-refractivity contribution is 6.05. The maximum absolute atomic E-state index is 13.2. The molecule has 94 valence electrons. The van der Waals surface area contributed by atoms with Crippen molar-refractivity contribution in [3.05, 3.63) is 29.6 Å². The molecule has 1 aliphatic heterocycles. The van der Waals surface area contributed by atoms with Crippen molar-refractivity contribution in [1.82, 2.24) is 10.2 Å². The van der Waals surface area contributed by atoms with Crippen LogP contribution in [0.5, 0.6) is 0 Å². The molecule has 0 radical (unpaired) electrons. The topological polar surface area (TPSA) is 92.5 Å². The van der Waals surface area contributed by atoms with Gasteiger partial charge in [0.1, 0.15) is 18.9 Å². The summed E-state index contributed by atoms with van der Waals surface area (Å²) in [5.41, 5.74) is 5.27. The monoisotopic (exact) mass is 251 g/mol. The zero-order valence-corrected chi connectivity index (χ0v) is 9.27. The number of rotatable bonds is 1. The largest absolute Gasteiger partial charge is 0.396 e. The second kappa shape index (κ2) is 4.44. The minimum atomic E-state index is -0.714. The Labute approximate surface area is 102 Å². The Bertz CT molecular complexity index is 528. The van der Waals surface area contributed by atoms with E-state index in [-0.39, 0.29) is 24.3 Å². The Morgan fingerprint density at radius 3 is 2.44 bits per heavy atom. The van der Waals surface area contributed by atoms with Gasteiger partial charge >= 0.3 is 0 Å². The summed E-state index contributed by atoms with van der Waals surface area (Å²) in [4.78, 5) is 35.2. The third-order valence-corrected chi connectivity index (χ3v) is 2.48. The summed E-state index contributed by atoms with van der Waals surface area (Å²) in [6.07, 6.45) is 0. The molecule has 7 heteroatoms. The van der Waals surface area contributed by atoms with Gasteiger partial charge in [-0.25, -0.2) is 4.39 Å². The first-order valence-electron chi connectivity index (χ1n) is 5.14. The van der Waals surface area contributed by atoms with Crippen molar-refractivity contribution < 1.29 is 18.8 Å². The molecule has 1 aliphatic rings. The van der Waals surface area contributed by atoms with Gasteiger partial charge < -0.3 is 10.6 Å². The fraction of sp³-hybridized carbons (Fsp3) is 0.182. The molecule has 0 atom stereocenters. The van der Waals surface area contributed by atoms with E-state index in [2.05, 4.69) is 5.32 Å². The number of piperazine rings is 1. The normalized spacial score (nSPS) is 15.5. The van der Waals surface area contributed by atoms with E-state index >= 15 is 0 Å². The Morgan fingerprint density at radius 2 is 1.89 bits per heavy atom. The molecule has 0 aromatic heterocycles. The number of hydrogen-bond donors (Lipinski definition) is 2. The predicted octanol–water partition coefficient (Wildman–Crippen LogP) is -0.493. The molecule has 1 fully saturated rings. The number of carbonyl (C=O) groups is 3. The summed E-state index contributed by atoms with van der Waals surface area (Å²) in [6.45, 7) is -0.451. The van der Waals surface area contributed by atoms with E-state index in [0.29, 0.717) is 0 Å². The van der Waals surface area contributed by atoms with E-state index < -0.39 is 23.5 Å². The van der Waals surface area contributed by atoms with Gasteiger partial charge in [-0.2, -0.15) is 0 Å². The molecule has 3 amide bonds. The van der Waals surface area contributed by atoms with E-state index in [1.807, 2.05) is 0 Å². The molecule has 0 unspecified atom stereocenters. The third-order valence-electron chi connectivity index (χ3n) is 2.48. The van der Waals surface area contributed by atoms with Crippen molar-refractivity contribution in [2.75, 3.05) is 18.8 Å². The van der Waals surface area contributed by atoms with Crippen molar-refractivity contribution in [3.63, 3.8) is 0 Å². The Morgan fingerprint density at radius 1 is 1.28 bits per heavy atom. The number of nitrogen functional groups attached to an aromatic ring is 1. The number of hydrogen-bond acceptors (Lipinski definition) is 4. The van der Waals surface area contributed by atoms with Gasteiger partial charge in [0, 0.05) is 5.56 Å². The maximum Gasteiger partial charge on any atom is 0.254 e. The lowest BCUT2D eigenvalue weighted by molar-refractivity contribution is -0.135. The first-order valence-corrected chi connectivity index (χ1v) is 5.14. The van der Waals surface area contributed by atoms with Gasteiger partial charge in [-0.05, 0) is 18.2 Å². The lowest BCUT2D eigenvalue weighted by Crippen LogP contribution is -2.53. The van der Waals surface area contributed by atoms with Crippen LogP contribution < -0.4 is 11.1 Å². The summed E-state index contributed by atoms with van der Waals surface area (Å²) in [7, 11) is 0. The number of anilines is 1. The number of amides is 3. The second-order valence-electron chi connectivity index (χ2n) is 3.87. The Hall–Kier alpha value is -2.44. The minimum absolute atomic E-state index is 0.0456. The van der Waals surface area contributed by atoms with Gasteiger partial charge in [0.2, 0.25) is 11.8 Å². The number of benzene rings is 1. The number of halogens is 1. The van der Waals surface area contributed by atoms with Gasteiger partial charge in [0.15, 0.2) is 0 Å². The van der Waals surface area contributed by atoms with Crippen LogP contribution in [-0.4, -0.2) is 35.7 Å². The highest BCUT2D eigenvalue weighted by Gasteiger charge is 2.27. The average Bonchev–Trinajstić information content (AvgIpc) is 2.30. The Kier molecular flexibility index (Phi) is 2.97. The summed E-state index contributed by atoms with van der Waals surface area (Å²) >= 11 is 0. The second-order valence-corrected chi connectivity index (χ2v) is 3.87. The maximum atomic E-state index is 13.2. The highest BCUT2D eigenvalue weighted by Crippen LogP contribution is 2.14. The van der Waals surface area contributed by atoms with Gasteiger partial charge in [-0.15, -0.1) is 0 Å². The van der Waals surface area contributed by atoms with Crippen molar-refractivity contribution in [2.45, 2.75) is 0 Å². The molecular weight excluding hydrogens is 241 g/mol. The predicted molar refractivity (Wildman–Crippen MR) is 59.9 cm³/mol. The number of imide groups is 1. The standard InChI is InChI=1S/C11H10FN3O3/c12-7-3-6(1-2-8(7)13)11(18)15-4-9(16)14-10(17)5-15/h1-3H,4-5,13H2,(H,14,16,17). The minimum Gasteiger partial charge on any atom is -0.396 e. The molecule has 3 N–H and O–H groups in total. The summed E-state index contributed by atoms with van der Waals surface area (Å²) < 4.78 is 13.2. The van der Waals surface area contributed by atoms with Crippen molar-refractivity contribution in [1.29, 1.82) is 0 Å². The molecule has 1 aromatic carbocycles. The zero-order valence-electron chi connectivity index (χ0n) is 9.27. The molecule has 6 nitrogen and oxygen atoms in total.